The number of nitrogens with zero attached hydrogens (tertiary/aromatic N) is 2. The van der Waals surface area contributed by atoms with Crippen LogP contribution >= 0.6 is 22.7 Å². The summed E-state index contributed by atoms with van der Waals surface area (Å²) in [4.78, 5) is 32.7. The van der Waals surface area contributed by atoms with Crippen molar-refractivity contribution in [3.8, 4) is 9.88 Å². The number of thiazole rings is 1. The van der Waals surface area contributed by atoms with Crippen molar-refractivity contribution in [2.75, 3.05) is 6.61 Å². The molecule has 0 N–H and O–H groups in total. The second kappa shape index (κ2) is 9.12. The standard InChI is InChI=1S/C21H22N2O3S2/c1-14(2)23(12-16-8-5-4-6-9-16)18(24)13-26-21(25)19-15(3)22-20(28-19)17-10-7-11-27-17/h4-11,14H,12-13H2,1-3H3. The van der Waals surface area contributed by atoms with Gasteiger partial charge in [0.05, 0.1) is 10.6 Å². The summed E-state index contributed by atoms with van der Waals surface area (Å²) in [6.07, 6.45) is 0. The van der Waals surface area contributed by atoms with Crippen LogP contribution in [0.4, 0.5) is 0 Å². The van der Waals surface area contributed by atoms with Gasteiger partial charge in [0.1, 0.15) is 9.88 Å². The number of rotatable bonds is 7. The van der Waals surface area contributed by atoms with Gasteiger partial charge in [-0.3, -0.25) is 4.79 Å². The highest BCUT2D eigenvalue weighted by Crippen LogP contribution is 2.31. The smallest absolute Gasteiger partial charge is 0.350 e. The fraction of sp³-hybridized carbons (Fsp3) is 0.286. The van der Waals surface area contributed by atoms with E-state index in [1.54, 1.807) is 23.2 Å². The molecule has 0 spiro atoms. The first kappa shape index (κ1) is 20.2. The molecule has 3 aromatic rings. The molecule has 0 aliphatic rings. The highest BCUT2D eigenvalue weighted by Gasteiger charge is 2.22. The summed E-state index contributed by atoms with van der Waals surface area (Å²) in [6.45, 7) is 5.88. The molecule has 7 heteroatoms. The number of aryl methyl sites for hydroxylation is 1. The first-order chi connectivity index (χ1) is 13.5. The minimum absolute atomic E-state index is 0.00183. The third-order valence-corrected chi connectivity index (χ3v) is 6.36. The Kier molecular flexibility index (Phi) is 6.59. The number of carbonyl (C=O) groups is 2. The normalized spacial score (nSPS) is 10.9. The first-order valence-corrected chi connectivity index (χ1v) is 10.7. The highest BCUT2D eigenvalue weighted by atomic mass is 32.1. The van der Waals surface area contributed by atoms with Gasteiger partial charge in [-0.25, -0.2) is 9.78 Å². The van der Waals surface area contributed by atoms with Crippen LogP contribution in [0.15, 0.2) is 47.8 Å². The summed E-state index contributed by atoms with van der Waals surface area (Å²) in [7, 11) is 0. The van der Waals surface area contributed by atoms with E-state index in [9.17, 15) is 9.59 Å². The Balaban J connectivity index is 1.63. The summed E-state index contributed by atoms with van der Waals surface area (Å²) in [6, 6.07) is 13.7. The Hall–Kier alpha value is -2.51. The lowest BCUT2D eigenvalue weighted by Gasteiger charge is -2.26. The lowest BCUT2D eigenvalue weighted by atomic mass is 10.2. The average Bonchev–Trinajstić information content (AvgIpc) is 3.34. The molecular weight excluding hydrogens is 392 g/mol. The Morgan fingerprint density at radius 2 is 1.89 bits per heavy atom. The lowest BCUT2D eigenvalue weighted by molar-refractivity contribution is -0.136. The van der Waals surface area contributed by atoms with Crippen molar-refractivity contribution in [3.05, 3.63) is 64.0 Å². The fourth-order valence-corrected chi connectivity index (χ4v) is 4.46. The van der Waals surface area contributed by atoms with Gasteiger partial charge in [-0.05, 0) is 37.8 Å². The van der Waals surface area contributed by atoms with E-state index < -0.39 is 5.97 Å². The average molecular weight is 415 g/mol. The van der Waals surface area contributed by atoms with Crippen LogP contribution in [-0.4, -0.2) is 34.4 Å². The number of ether oxygens (including phenoxy) is 1. The van der Waals surface area contributed by atoms with Gasteiger partial charge in [0, 0.05) is 12.6 Å². The van der Waals surface area contributed by atoms with E-state index in [0.29, 0.717) is 17.1 Å². The number of aromatic nitrogens is 1. The Morgan fingerprint density at radius 1 is 1.14 bits per heavy atom. The van der Waals surface area contributed by atoms with Gasteiger partial charge >= 0.3 is 5.97 Å². The summed E-state index contributed by atoms with van der Waals surface area (Å²) < 4.78 is 5.31. The number of hydrogen-bond acceptors (Lipinski definition) is 6. The summed E-state index contributed by atoms with van der Waals surface area (Å²) >= 11 is 2.87. The van der Waals surface area contributed by atoms with Crippen molar-refractivity contribution < 1.29 is 14.3 Å². The van der Waals surface area contributed by atoms with E-state index in [1.165, 1.54) is 11.3 Å². The number of benzene rings is 1. The molecule has 0 aliphatic heterocycles. The summed E-state index contributed by atoms with van der Waals surface area (Å²) in [5, 5.41) is 2.76. The van der Waals surface area contributed by atoms with Crippen molar-refractivity contribution in [3.63, 3.8) is 0 Å². The molecule has 0 atom stereocenters. The molecule has 0 saturated heterocycles. The van der Waals surface area contributed by atoms with Crippen molar-refractivity contribution in [2.24, 2.45) is 0 Å². The molecule has 0 bridgehead atoms. The van der Waals surface area contributed by atoms with Gasteiger partial charge < -0.3 is 9.64 Å². The van der Waals surface area contributed by atoms with Crippen LogP contribution in [0.5, 0.6) is 0 Å². The van der Waals surface area contributed by atoms with Crippen molar-refractivity contribution >= 4 is 34.6 Å². The Morgan fingerprint density at radius 3 is 2.54 bits per heavy atom. The number of esters is 1. The number of hydrogen-bond donors (Lipinski definition) is 0. The molecule has 0 aliphatic carbocycles. The van der Waals surface area contributed by atoms with Crippen LogP contribution in [0, 0.1) is 6.92 Å². The van der Waals surface area contributed by atoms with Crippen LogP contribution in [0.3, 0.4) is 0 Å². The minimum Gasteiger partial charge on any atom is -0.451 e. The molecule has 2 heterocycles. The van der Waals surface area contributed by atoms with E-state index >= 15 is 0 Å². The molecule has 0 unspecified atom stereocenters. The third kappa shape index (κ3) is 4.85. The van der Waals surface area contributed by atoms with Gasteiger partial charge in [-0.1, -0.05) is 36.4 Å². The molecule has 28 heavy (non-hydrogen) atoms. The summed E-state index contributed by atoms with van der Waals surface area (Å²) in [5.41, 5.74) is 1.66. The van der Waals surface area contributed by atoms with Crippen LogP contribution in [0.1, 0.15) is 34.8 Å². The first-order valence-electron chi connectivity index (χ1n) is 8.97. The monoisotopic (exact) mass is 414 g/mol. The lowest BCUT2D eigenvalue weighted by Crippen LogP contribution is -2.39. The number of thiophene rings is 1. The molecule has 3 rings (SSSR count). The van der Waals surface area contributed by atoms with Crippen molar-refractivity contribution in [2.45, 2.75) is 33.4 Å². The van der Waals surface area contributed by atoms with Gasteiger partial charge in [0.25, 0.3) is 5.91 Å². The number of carbonyl (C=O) groups excluding carboxylic acids is 2. The fourth-order valence-electron chi connectivity index (χ4n) is 2.71. The topological polar surface area (TPSA) is 59.5 Å². The van der Waals surface area contributed by atoms with E-state index in [-0.39, 0.29) is 18.6 Å². The van der Waals surface area contributed by atoms with Crippen LogP contribution in [0.25, 0.3) is 9.88 Å². The molecule has 1 amide bonds. The van der Waals surface area contributed by atoms with Crippen LogP contribution < -0.4 is 0 Å². The molecule has 0 saturated carbocycles. The zero-order chi connectivity index (χ0) is 20.1. The van der Waals surface area contributed by atoms with Gasteiger partial charge in [-0.2, -0.15) is 0 Å². The highest BCUT2D eigenvalue weighted by molar-refractivity contribution is 7.22. The number of amides is 1. The van der Waals surface area contributed by atoms with E-state index in [4.69, 9.17) is 4.74 Å². The third-order valence-electron chi connectivity index (χ3n) is 4.18. The molecule has 0 radical (unpaired) electrons. The summed E-state index contributed by atoms with van der Waals surface area (Å²) in [5.74, 6) is -0.720. The largest absolute Gasteiger partial charge is 0.451 e. The minimum atomic E-state index is -0.505. The Labute approximate surface area is 172 Å². The van der Waals surface area contributed by atoms with Gasteiger partial charge in [-0.15, -0.1) is 22.7 Å². The molecular formula is C21H22N2O3S2. The SMILES string of the molecule is Cc1nc(-c2cccs2)sc1C(=O)OCC(=O)N(Cc1ccccc1)C(C)C. The van der Waals surface area contributed by atoms with Gasteiger partial charge in [0.15, 0.2) is 6.61 Å². The maximum Gasteiger partial charge on any atom is 0.350 e. The maximum atomic E-state index is 12.6. The van der Waals surface area contributed by atoms with Crippen molar-refractivity contribution in [1.29, 1.82) is 0 Å². The second-order valence-electron chi connectivity index (χ2n) is 6.59. The zero-order valence-corrected chi connectivity index (χ0v) is 17.7. The van der Waals surface area contributed by atoms with Crippen LogP contribution in [0.2, 0.25) is 0 Å². The molecule has 2 aromatic heterocycles. The maximum absolute atomic E-state index is 12.6. The van der Waals surface area contributed by atoms with E-state index in [2.05, 4.69) is 4.98 Å². The molecule has 1 aromatic carbocycles. The molecule has 146 valence electrons. The van der Waals surface area contributed by atoms with Crippen LogP contribution in [-0.2, 0) is 16.1 Å². The van der Waals surface area contributed by atoms with E-state index in [1.807, 2.05) is 61.7 Å². The molecule has 0 fully saturated rings. The predicted molar refractivity (Wildman–Crippen MR) is 113 cm³/mol. The Bertz CT molecular complexity index is 934. The van der Waals surface area contributed by atoms with Crippen molar-refractivity contribution in [1.82, 2.24) is 9.88 Å². The second-order valence-corrected chi connectivity index (χ2v) is 8.53. The zero-order valence-electron chi connectivity index (χ0n) is 16.0. The quantitative estimate of drug-likeness (QED) is 0.522. The van der Waals surface area contributed by atoms with Gasteiger partial charge in [0.2, 0.25) is 0 Å². The predicted octanol–water partition coefficient (Wildman–Crippen LogP) is 4.77. The van der Waals surface area contributed by atoms with E-state index in [0.717, 1.165) is 15.4 Å². The molecule has 5 nitrogen and oxygen atoms in total.